The Hall–Kier alpha value is -2.62. The Kier molecular flexibility index (Phi) is 5.79. The van der Waals surface area contributed by atoms with E-state index in [1.807, 2.05) is 0 Å². The van der Waals surface area contributed by atoms with Crippen LogP contribution in [0.2, 0.25) is 0 Å². The van der Waals surface area contributed by atoms with Crippen molar-refractivity contribution in [3.8, 4) is 5.75 Å². The Morgan fingerprint density at radius 2 is 2.00 bits per heavy atom. The molecule has 7 nitrogen and oxygen atoms in total. The summed E-state index contributed by atoms with van der Waals surface area (Å²) in [6.07, 6.45) is -5.94. The molecule has 2 rings (SSSR count). The molecule has 27 heavy (non-hydrogen) atoms. The number of anilines is 1. The standard InChI is InChI=1S/C17H20F3N3O4/c1-10(2)8-11-9-16(26,17(18,19)20)23(22-11)15(25)14(24)21-12-6-4-5-7-13(12)27-3/h4-7,10,26H,8-9H2,1-3H3,(H,21,24)/t16-/m0/s1. The van der Waals surface area contributed by atoms with Gasteiger partial charge in [0.1, 0.15) is 5.75 Å². The van der Waals surface area contributed by atoms with Crippen molar-refractivity contribution in [2.45, 2.75) is 38.6 Å². The van der Waals surface area contributed by atoms with Crippen LogP contribution in [-0.2, 0) is 9.59 Å². The molecule has 0 spiro atoms. The number of nitrogens with one attached hydrogen (secondary N) is 1. The van der Waals surface area contributed by atoms with Gasteiger partial charge in [-0.15, -0.1) is 0 Å². The van der Waals surface area contributed by atoms with Gasteiger partial charge in [0, 0.05) is 12.1 Å². The van der Waals surface area contributed by atoms with E-state index in [2.05, 4.69) is 10.4 Å². The Morgan fingerprint density at radius 1 is 1.37 bits per heavy atom. The van der Waals surface area contributed by atoms with Gasteiger partial charge in [-0.2, -0.15) is 23.3 Å². The van der Waals surface area contributed by atoms with Crippen molar-refractivity contribution in [1.82, 2.24) is 5.01 Å². The molecule has 1 aromatic carbocycles. The van der Waals surface area contributed by atoms with Gasteiger partial charge in [-0.05, 0) is 24.5 Å². The average Bonchev–Trinajstić information content (AvgIpc) is 2.91. The van der Waals surface area contributed by atoms with Crippen molar-refractivity contribution < 1.29 is 32.6 Å². The molecule has 2 amide bonds. The lowest BCUT2D eigenvalue weighted by Crippen LogP contribution is -2.58. The summed E-state index contributed by atoms with van der Waals surface area (Å²) in [5.74, 6) is -2.83. The van der Waals surface area contributed by atoms with Crippen LogP contribution in [0.4, 0.5) is 18.9 Å². The van der Waals surface area contributed by atoms with Gasteiger partial charge in [-0.3, -0.25) is 9.59 Å². The maximum absolute atomic E-state index is 13.4. The molecule has 0 fully saturated rings. The highest BCUT2D eigenvalue weighted by atomic mass is 19.4. The minimum Gasteiger partial charge on any atom is -0.495 e. The molecule has 0 aromatic heterocycles. The molecule has 0 saturated carbocycles. The number of hydrogen-bond acceptors (Lipinski definition) is 5. The molecule has 1 aromatic rings. The molecule has 0 radical (unpaired) electrons. The Labute approximate surface area is 153 Å². The molecule has 0 bridgehead atoms. The molecular formula is C17H20F3N3O4. The maximum Gasteiger partial charge on any atom is 0.438 e. The predicted molar refractivity (Wildman–Crippen MR) is 91.0 cm³/mol. The highest BCUT2D eigenvalue weighted by Gasteiger charge is 2.63. The average molecular weight is 387 g/mol. The molecule has 1 aliphatic rings. The Bertz CT molecular complexity index is 764. The summed E-state index contributed by atoms with van der Waals surface area (Å²) in [5.41, 5.74) is -3.48. The van der Waals surface area contributed by atoms with E-state index in [0.29, 0.717) is 0 Å². The van der Waals surface area contributed by atoms with Crippen LogP contribution >= 0.6 is 0 Å². The molecule has 1 atom stereocenters. The predicted octanol–water partition coefficient (Wildman–Crippen LogP) is 2.52. The number of amides is 2. The van der Waals surface area contributed by atoms with Crippen molar-refractivity contribution in [2.24, 2.45) is 11.0 Å². The largest absolute Gasteiger partial charge is 0.495 e. The molecule has 1 aliphatic heterocycles. The van der Waals surface area contributed by atoms with Gasteiger partial charge in [0.2, 0.25) is 0 Å². The van der Waals surface area contributed by atoms with E-state index in [0.717, 1.165) is 0 Å². The van der Waals surface area contributed by atoms with Gasteiger partial charge in [-0.25, -0.2) is 0 Å². The number of nitrogens with zero attached hydrogens (tertiary/aromatic N) is 2. The summed E-state index contributed by atoms with van der Waals surface area (Å²) < 4.78 is 45.2. The molecule has 148 valence electrons. The summed E-state index contributed by atoms with van der Waals surface area (Å²) in [6.45, 7) is 3.52. The van der Waals surface area contributed by atoms with Gasteiger partial charge in [0.05, 0.1) is 12.8 Å². The molecule has 0 unspecified atom stereocenters. The molecule has 0 saturated heterocycles. The molecule has 10 heteroatoms. The van der Waals surface area contributed by atoms with Crippen LogP contribution in [0.15, 0.2) is 29.4 Å². The van der Waals surface area contributed by atoms with Crippen LogP contribution in [0.25, 0.3) is 0 Å². The second kappa shape index (κ2) is 7.55. The number of hydrogen-bond donors (Lipinski definition) is 2. The number of aliphatic hydroxyl groups is 1. The number of benzene rings is 1. The van der Waals surface area contributed by atoms with Crippen molar-refractivity contribution in [1.29, 1.82) is 0 Å². The minimum atomic E-state index is -5.18. The highest BCUT2D eigenvalue weighted by molar-refractivity contribution is 6.40. The third kappa shape index (κ3) is 4.21. The van der Waals surface area contributed by atoms with Crippen molar-refractivity contribution in [3.05, 3.63) is 24.3 Å². The van der Waals surface area contributed by atoms with E-state index < -0.39 is 30.1 Å². The third-order valence-corrected chi connectivity index (χ3v) is 3.88. The summed E-state index contributed by atoms with van der Waals surface area (Å²) in [6, 6.07) is 6.07. The van der Waals surface area contributed by atoms with Crippen molar-refractivity contribution >= 4 is 23.2 Å². The first-order valence-electron chi connectivity index (χ1n) is 8.13. The second-order valence-electron chi connectivity index (χ2n) is 6.53. The number of carbonyl (C=O) groups excluding carboxylic acids is 2. The van der Waals surface area contributed by atoms with Crippen LogP contribution in [0.5, 0.6) is 5.75 Å². The summed E-state index contributed by atoms with van der Waals surface area (Å²) >= 11 is 0. The number of methoxy groups -OCH3 is 1. The lowest BCUT2D eigenvalue weighted by molar-refractivity contribution is -0.301. The number of hydrazone groups is 1. The Balaban J connectivity index is 2.29. The fourth-order valence-corrected chi connectivity index (χ4v) is 2.66. The zero-order valence-electron chi connectivity index (χ0n) is 15.0. The first-order chi connectivity index (χ1) is 12.5. The minimum absolute atomic E-state index is 0.0109. The summed E-state index contributed by atoms with van der Waals surface area (Å²) in [7, 11) is 1.33. The van der Waals surface area contributed by atoms with Crippen LogP contribution < -0.4 is 10.1 Å². The second-order valence-corrected chi connectivity index (χ2v) is 6.53. The van der Waals surface area contributed by atoms with E-state index in [4.69, 9.17) is 4.74 Å². The fourth-order valence-electron chi connectivity index (χ4n) is 2.66. The van der Waals surface area contributed by atoms with Gasteiger partial charge in [0.25, 0.3) is 5.72 Å². The zero-order chi connectivity index (χ0) is 20.4. The maximum atomic E-state index is 13.4. The van der Waals surface area contributed by atoms with Gasteiger partial charge >= 0.3 is 18.0 Å². The summed E-state index contributed by atoms with van der Waals surface area (Å²) in [5, 5.41) is 15.7. The van der Waals surface area contributed by atoms with E-state index in [1.54, 1.807) is 26.0 Å². The lowest BCUT2D eigenvalue weighted by Gasteiger charge is -2.32. The topological polar surface area (TPSA) is 91.2 Å². The number of carbonyl (C=O) groups is 2. The van der Waals surface area contributed by atoms with Crippen molar-refractivity contribution in [2.75, 3.05) is 12.4 Å². The van der Waals surface area contributed by atoms with E-state index >= 15 is 0 Å². The normalized spacial score (nSPS) is 19.9. The summed E-state index contributed by atoms with van der Waals surface area (Å²) in [4.78, 5) is 24.6. The van der Waals surface area contributed by atoms with Crippen LogP contribution in [0, 0.1) is 5.92 Å². The first-order valence-corrected chi connectivity index (χ1v) is 8.13. The molecule has 1 heterocycles. The monoisotopic (exact) mass is 387 g/mol. The zero-order valence-corrected chi connectivity index (χ0v) is 15.0. The Morgan fingerprint density at radius 3 is 2.56 bits per heavy atom. The van der Waals surface area contributed by atoms with Crippen LogP contribution in [0.1, 0.15) is 26.7 Å². The number of alkyl halides is 3. The molecular weight excluding hydrogens is 367 g/mol. The van der Waals surface area contributed by atoms with Crippen LogP contribution in [-0.4, -0.2) is 46.7 Å². The molecule has 2 N–H and O–H groups in total. The fraction of sp³-hybridized carbons (Fsp3) is 0.471. The van der Waals surface area contributed by atoms with Crippen molar-refractivity contribution in [3.63, 3.8) is 0 Å². The smallest absolute Gasteiger partial charge is 0.438 e. The highest BCUT2D eigenvalue weighted by Crippen LogP contribution is 2.41. The number of rotatable bonds is 4. The van der Waals surface area contributed by atoms with Gasteiger partial charge < -0.3 is 15.2 Å². The van der Waals surface area contributed by atoms with E-state index in [9.17, 15) is 27.9 Å². The number of halogens is 3. The number of para-hydroxylation sites is 2. The third-order valence-electron chi connectivity index (χ3n) is 3.88. The first kappa shape index (κ1) is 20.7. The SMILES string of the molecule is COc1ccccc1NC(=O)C(=O)N1N=C(CC(C)C)C[C@]1(O)C(F)(F)F. The van der Waals surface area contributed by atoms with Gasteiger partial charge in [-0.1, -0.05) is 26.0 Å². The van der Waals surface area contributed by atoms with E-state index in [-0.39, 0.29) is 34.5 Å². The van der Waals surface area contributed by atoms with Crippen LogP contribution in [0.3, 0.4) is 0 Å². The van der Waals surface area contributed by atoms with Gasteiger partial charge in [0.15, 0.2) is 0 Å². The van der Waals surface area contributed by atoms with E-state index in [1.165, 1.54) is 19.2 Å². The number of ether oxygens (including phenoxy) is 1. The molecule has 0 aliphatic carbocycles. The lowest BCUT2D eigenvalue weighted by atomic mass is 9.99. The quantitative estimate of drug-likeness (QED) is 0.777.